The number of fused-ring (bicyclic) bond motifs is 1. The van der Waals surface area contributed by atoms with E-state index in [0.29, 0.717) is 6.54 Å². The van der Waals surface area contributed by atoms with Crippen molar-refractivity contribution < 1.29 is 14.3 Å². The lowest BCUT2D eigenvalue weighted by Gasteiger charge is -2.10. The zero-order valence-electron chi connectivity index (χ0n) is 14.7. The molecule has 128 valence electrons. The third-order valence-corrected chi connectivity index (χ3v) is 4.28. The Morgan fingerprint density at radius 1 is 1.04 bits per heavy atom. The minimum Gasteiger partial charge on any atom is -0.490 e. The van der Waals surface area contributed by atoms with Gasteiger partial charge in [-0.3, -0.25) is 0 Å². The van der Waals surface area contributed by atoms with E-state index in [1.807, 2.05) is 24.3 Å². The zero-order valence-corrected chi connectivity index (χ0v) is 14.7. The summed E-state index contributed by atoms with van der Waals surface area (Å²) in [5.74, 6) is -0.303. The Balaban J connectivity index is 2.01. The highest BCUT2D eigenvalue weighted by molar-refractivity contribution is 5.91. The Labute approximate surface area is 147 Å². The number of benzene rings is 2. The first-order chi connectivity index (χ1) is 12.1. The van der Waals surface area contributed by atoms with Crippen molar-refractivity contribution in [1.29, 1.82) is 0 Å². The summed E-state index contributed by atoms with van der Waals surface area (Å²) in [5, 5.41) is 1.25. The number of carbonyl (C=O) groups is 1. The van der Waals surface area contributed by atoms with Crippen LogP contribution < -0.4 is 0 Å². The summed E-state index contributed by atoms with van der Waals surface area (Å²) in [6.45, 7) is 2.82. The molecule has 0 fully saturated rings. The lowest BCUT2D eigenvalue weighted by molar-refractivity contribution is -0.139. The maximum Gasteiger partial charge on any atom is 0.373 e. The Hall–Kier alpha value is -3.01. The number of para-hydroxylation sites is 1. The summed E-state index contributed by atoms with van der Waals surface area (Å²) in [4.78, 5) is 11.8. The maximum absolute atomic E-state index is 11.8. The van der Waals surface area contributed by atoms with Crippen molar-refractivity contribution in [2.75, 3.05) is 14.2 Å². The zero-order chi connectivity index (χ0) is 17.8. The molecule has 4 heteroatoms. The van der Waals surface area contributed by atoms with Crippen LogP contribution in [0.2, 0.25) is 0 Å². The smallest absolute Gasteiger partial charge is 0.373 e. The highest BCUT2D eigenvalue weighted by Gasteiger charge is 2.12. The number of carbonyl (C=O) groups excluding carboxylic acids is 1. The van der Waals surface area contributed by atoms with E-state index in [9.17, 15) is 4.79 Å². The van der Waals surface area contributed by atoms with Crippen LogP contribution >= 0.6 is 0 Å². The van der Waals surface area contributed by atoms with Crippen LogP contribution in [0.1, 0.15) is 16.7 Å². The minimum atomic E-state index is -0.487. The van der Waals surface area contributed by atoms with E-state index in [-0.39, 0.29) is 5.76 Å². The summed E-state index contributed by atoms with van der Waals surface area (Å²) in [6.07, 6.45) is 3.88. The van der Waals surface area contributed by atoms with Crippen molar-refractivity contribution >= 4 is 22.9 Å². The topological polar surface area (TPSA) is 40.5 Å². The molecule has 0 N–H and O–H groups in total. The van der Waals surface area contributed by atoms with Crippen LogP contribution in [-0.2, 0) is 20.8 Å². The molecule has 1 aromatic heterocycles. The number of aromatic nitrogens is 1. The second kappa shape index (κ2) is 7.26. The van der Waals surface area contributed by atoms with Gasteiger partial charge >= 0.3 is 5.97 Å². The van der Waals surface area contributed by atoms with E-state index in [2.05, 4.69) is 42.0 Å². The second-order valence-electron chi connectivity index (χ2n) is 5.86. The molecule has 2 aromatic carbocycles. The third kappa shape index (κ3) is 3.43. The van der Waals surface area contributed by atoms with Crippen molar-refractivity contribution in [2.45, 2.75) is 13.5 Å². The van der Waals surface area contributed by atoms with Gasteiger partial charge in [0.05, 0.1) is 14.2 Å². The normalized spacial score (nSPS) is 11.6. The average Bonchev–Trinajstić information content (AvgIpc) is 2.96. The van der Waals surface area contributed by atoms with Gasteiger partial charge in [0.15, 0.2) is 0 Å². The Morgan fingerprint density at radius 2 is 1.76 bits per heavy atom. The first-order valence-electron chi connectivity index (χ1n) is 8.10. The van der Waals surface area contributed by atoms with Crippen molar-refractivity contribution in [3.8, 4) is 0 Å². The monoisotopic (exact) mass is 335 g/mol. The standard InChI is InChI=1S/C21H21NO3/c1-15-13-22(19-11-7-6-10-18(15)19)14-17-9-5-4-8-16(17)12-20(24-2)21(23)25-3/h4-13H,14H2,1-3H3. The van der Waals surface area contributed by atoms with Gasteiger partial charge in [-0.2, -0.15) is 0 Å². The lowest BCUT2D eigenvalue weighted by atomic mass is 10.1. The molecule has 25 heavy (non-hydrogen) atoms. The molecule has 0 aliphatic carbocycles. The number of aryl methyl sites for hydroxylation is 1. The molecular formula is C21H21NO3. The fraction of sp³-hybridized carbons (Fsp3) is 0.190. The summed E-state index contributed by atoms with van der Waals surface area (Å²) in [7, 11) is 2.81. The van der Waals surface area contributed by atoms with Gasteiger partial charge in [-0.1, -0.05) is 42.5 Å². The van der Waals surface area contributed by atoms with Gasteiger partial charge in [0.25, 0.3) is 0 Å². The van der Waals surface area contributed by atoms with Gasteiger partial charge in [0, 0.05) is 23.6 Å². The summed E-state index contributed by atoms with van der Waals surface area (Å²) >= 11 is 0. The molecule has 0 amide bonds. The van der Waals surface area contributed by atoms with Gasteiger partial charge in [-0.05, 0) is 35.8 Å². The van der Waals surface area contributed by atoms with E-state index < -0.39 is 5.97 Å². The van der Waals surface area contributed by atoms with Crippen molar-refractivity contribution in [1.82, 2.24) is 4.57 Å². The fourth-order valence-corrected chi connectivity index (χ4v) is 3.01. The van der Waals surface area contributed by atoms with Gasteiger partial charge in [0.2, 0.25) is 5.76 Å². The highest BCUT2D eigenvalue weighted by atomic mass is 16.6. The summed E-state index contributed by atoms with van der Waals surface area (Å²) in [6, 6.07) is 16.3. The number of hydrogen-bond donors (Lipinski definition) is 0. The van der Waals surface area contributed by atoms with Crippen molar-refractivity contribution in [3.05, 3.63) is 77.2 Å². The molecule has 4 nitrogen and oxygen atoms in total. The predicted octanol–water partition coefficient (Wildman–Crippen LogP) is 4.16. The average molecular weight is 335 g/mol. The number of methoxy groups -OCH3 is 2. The van der Waals surface area contributed by atoms with Crippen LogP contribution in [0.3, 0.4) is 0 Å². The van der Waals surface area contributed by atoms with Crippen LogP contribution in [0.15, 0.2) is 60.5 Å². The molecule has 0 unspecified atom stereocenters. The summed E-state index contributed by atoms with van der Waals surface area (Å²) in [5.41, 5.74) is 4.47. The lowest BCUT2D eigenvalue weighted by Crippen LogP contribution is -2.07. The predicted molar refractivity (Wildman–Crippen MR) is 99.2 cm³/mol. The van der Waals surface area contributed by atoms with Crippen LogP contribution in [0.4, 0.5) is 0 Å². The maximum atomic E-state index is 11.8. The van der Waals surface area contributed by atoms with Crippen LogP contribution in [0.25, 0.3) is 17.0 Å². The van der Waals surface area contributed by atoms with E-state index in [0.717, 1.165) is 11.1 Å². The van der Waals surface area contributed by atoms with E-state index in [1.165, 1.54) is 30.7 Å². The number of rotatable bonds is 5. The Bertz CT molecular complexity index is 937. The molecule has 0 bridgehead atoms. The van der Waals surface area contributed by atoms with Crippen LogP contribution in [0, 0.1) is 6.92 Å². The first-order valence-corrected chi connectivity index (χ1v) is 8.10. The molecule has 1 heterocycles. The molecule has 0 radical (unpaired) electrons. The molecule has 0 atom stereocenters. The molecule has 3 aromatic rings. The molecular weight excluding hydrogens is 314 g/mol. The van der Waals surface area contributed by atoms with Crippen LogP contribution in [-0.4, -0.2) is 24.8 Å². The highest BCUT2D eigenvalue weighted by Crippen LogP contribution is 2.23. The number of esters is 1. The molecule has 3 rings (SSSR count). The fourth-order valence-electron chi connectivity index (χ4n) is 3.01. The van der Waals surface area contributed by atoms with Gasteiger partial charge in [0.1, 0.15) is 0 Å². The number of ether oxygens (including phenoxy) is 2. The second-order valence-corrected chi connectivity index (χ2v) is 5.86. The quantitative estimate of drug-likeness (QED) is 0.399. The Kier molecular flexibility index (Phi) is 4.89. The molecule has 0 saturated heterocycles. The molecule has 0 spiro atoms. The van der Waals surface area contributed by atoms with E-state index >= 15 is 0 Å². The molecule has 0 aliphatic heterocycles. The SMILES string of the molecule is COC(=O)C(=Cc1ccccc1Cn1cc(C)c2ccccc21)OC. The minimum absolute atomic E-state index is 0.184. The van der Waals surface area contributed by atoms with Crippen LogP contribution in [0.5, 0.6) is 0 Å². The van der Waals surface area contributed by atoms with E-state index in [1.54, 1.807) is 6.08 Å². The van der Waals surface area contributed by atoms with Crippen molar-refractivity contribution in [2.24, 2.45) is 0 Å². The third-order valence-electron chi connectivity index (χ3n) is 4.28. The molecule has 0 aliphatic rings. The van der Waals surface area contributed by atoms with Crippen molar-refractivity contribution in [3.63, 3.8) is 0 Å². The summed E-state index contributed by atoms with van der Waals surface area (Å²) < 4.78 is 12.1. The van der Waals surface area contributed by atoms with E-state index in [4.69, 9.17) is 9.47 Å². The van der Waals surface area contributed by atoms with Gasteiger partial charge in [-0.15, -0.1) is 0 Å². The van der Waals surface area contributed by atoms with Gasteiger partial charge in [-0.25, -0.2) is 4.79 Å². The number of hydrogen-bond acceptors (Lipinski definition) is 3. The first kappa shape index (κ1) is 16.8. The molecule has 0 saturated carbocycles. The Morgan fingerprint density at radius 3 is 2.52 bits per heavy atom. The van der Waals surface area contributed by atoms with Gasteiger partial charge < -0.3 is 14.0 Å². The largest absolute Gasteiger partial charge is 0.490 e. The number of nitrogens with zero attached hydrogens (tertiary/aromatic N) is 1.